The van der Waals surface area contributed by atoms with Crippen LogP contribution in [0.2, 0.25) is 0 Å². The van der Waals surface area contributed by atoms with Gasteiger partial charge in [0, 0.05) is 13.7 Å². The molecule has 0 spiro atoms. The number of carbonyl (C=O) groups excluding carboxylic acids is 1. The van der Waals surface area contributed by atoms with E-state index in [-0.39, 0.29) is 6.09 Å². The number of nitrogens with zero attached hydrogens (tertiary/aromatic N) is 1. The van der Waals surface area contributed by atoms with Crippen molar-refractivity contribution in [2.45, 2.75) is 25.0 Å². The molecule has 12 heavy (non-hydrogen) atoms. The van der Waals surface area contributed by atoms with Crippen molar-refractivity contribution < 1.29 is 14.3 Å². The van der Waals surface area contributed by atoms with Crippen LogP contribution in [-0.4, -0.2) is 37.0 Å². The van der Waals surface area contributed by atoms with Gasteiger partial charge in [0.05, 0.1) is 0 Å². The first-order valence-corrected chi connectivity index (χ1v) is 4.28. The maximum Gasteiger partial charge on any atom is 0.412 e. The largest absolute Gasteiger partial charge is 0.444 e. The predicted molar refractivity (Wildman–Crippen MR) is 41.6 cm³/mol. The molecule has 4 heteroatoms. The summed E-state index contributed by atoms with van der Waals surface area (Å²) in [4.78, 5) is 12.9. The highest BCUT2D eigenvalue weighted by atomic mass is 16.6. The summed E-state index contributed by atoms with van der Waals surface area (Å²) in [6.45, 7) is 1.16. The molecule has 2 saturated heterocycles. The fraction of sp³-hybridized carbons (Fsp3) is 0.875. The van der Waals surface area contributed by atoms with E-state index in [0.717, 1.165) is 25.8 Å². The van der Waals surface area contributed by atoms with Gasteiger partial charge in [0.2, 0.25) is 0 Å². The van der Waals surface area contributed by atoms with E-state index < -0.39 is 5.72 Å². The van der Waals surface area contributed by atoms with Gasteiger partial charge in [-0.3, -0.25) is 4.90 Å². The molecule has 0 aliphatic carbocycles. The lowest BCUT2D eigenvalue weighted by atomic mass is 10.0. The molecule has 4 nitrogen and oxygen atoms in total. The summed E-state index contributed by atoms with van der Waals surface area (Å²) in [6.07, 6.45) is 2.84. The summed E-state index contributed by atoms with van der Waals surface area (Å²) < 4.78 is 10.3. The molecule has 0 radical (unpaired) electrons. The van der Waals surface area contributed by atoms with Gasteiger partial charge in [-0.1, -0.05) is 0 Å². The van der Waals surface area contributed by atoms with Gasteiger partial charge >= 0.3 is 6.09 Å². The summed E-state index contributed by atoms with van der Waals surface area (Å²) in [7, 11) is 1.64. The third-order valence-corrected chi connectivity index (χ3v) is 2.71. The molecule has 0 bridgehead atoms. The Morgan fingerprint density at radius 1 is 1.58 bits per heavy atom. The summed E-state index contributed by atoms with van der Waals surface area (Å²) in [6, 6.07) is 0. The number of piperidine rings is 1. The predicted octanol–water partition coefficient (Wildman–Crippen LogP) is 0.965. The molecule has 0 aromatic heterocycles. The molecule has 0 aromatic carbocycles. The number of cyclic esters (lactones) is 1. The Hall–Kier alpha value is -0.770. The lowest BCUT2D eigenvalue weighted by Gasteiger charge is -2.37. The van der Waals surface area contributed by atoms with Gasteiger partial charge in [-0.25, -0.2) is 4.79 Å². The quantitative estimate of drug-likeness (QED) is 0.590. The fourth-order valence-corrected chi connectivity index (χ4v) is 1.94. The van der Waals surface area contributed by atoms with Crippen molar-refractivity contribution in [3.05, 3.63) is 0 Å². The highest BCUT2D eigenvalue weighted by Gasteiger charge is 2.48. The number of fused-ring (bicyclic) bond motifs is 1. The average molecular weight is 171 g/mol. The lowest BCUT2D eigenvalue weighted by molar-refractivity contribution is -0.115. The lowest BCUT2D eigenvalue weighted by Crippen LogP contribution is -2.51. The maximum absolute atomic E-state index is 11.2. The summed E-state index contributed by atoms with van der Waals surface area (Å²) in [5, 5.41) is 0. The molecule has 68 valence electrons. The van der Waals surface area contributed by atoms with E-state index in [9.17, 15) is 4.79 Å². The molecule has 2 aliphatic heterocycles. The zero-order chi connectivity index (χ0) is 8.60. The van der Waals surface area contributed by atoms with Crippen molar-refractivity contribution in [2.24, 2.45) is 0 Å². The van der Waals surface area contributed by atoms with Crippen LogP contribution in [-0.2, 0) is 9.47 Å². The molecule has 1 amide bonds. The first-order valence-electron chi connectivity index (χ1n) is 4.28. The molecule has 0 aromatic rings. The molecule has 0 N–H and O–H groups in total. The van der Waals surface area contributed by atoms with Gasteiger partial charge < -0.3 is 9.47 Å². The van der Waals surface area contributed by atoms with Crippen molar-refractivity contribution in [1.29, 1.82) is 0 Å². The molecule has 1 atom stereocenters. The zero-order valence-corrected chi connectivity index (χ0v) is 7.21. The van der Waals surface area contributed by atoms with Crippen molar-refractivity contribution in [3.63, 3.8) is 0 Å². The first-order chi connectivity index (χ1) is 5.78. The Bertz CT molecular complexity index is 206. The molecular weight excluding hydrogens is 158 g/mol. The van der Waals surface area contributed by atoms with E-state index in [1.54, 1.807) is 12.0 Å². The molecule has 2 rings (SSSR count). The molecule has 2 heterocycles. The SMILES string of the molecule is COC12CCCCN1C(=O)OC2. The summed E-state index contributed by atoms with van der Waals surface area (Å²) >= 11 is 0. The smallest absolute Gasteiger partial charge is 0.412 e. The standard InChI is InChI=1S/C8H13NO3/c1-11-8-4-2-3-5-9(8)7(10)12-6-8/h2-6H2,1H3. The van der Waals surface area contributed by atoms with E-state index >= 15 is 0 Å². The Morgan fingerprint density at radius 3 is 3.08 bits per heavy atom. The van der Waals surface area contributed by atoms with Crippen LogP contribution < -0.4 is 0 Å². The highest BCUT2D eigenvalue weighted by molar-refractivity contribution is 5.70. The second-order valence-corrected chi connectivity index (χ2v) is 3.31. The molecule has 0 saturated carbocycles. The average Bonchev–Trinajstić information content (AvgIpc) is 2.46. The summed E-state index contributed by atoms with van der Waals surface area (Å²) in [5.74, 6) is 0. The van der Waals surface area contributed by atoms with Crippen molar-refractivity contribution in [1.82, 2.24) is 4.90 Å². The number of hydrogen-bond acceptors (Lipinski definition) is 3. The Morgan fingerprint density at radius 2 is 2.42 bits per heavy atom. The van der Waals surface area contributed by atoms with Gasteiger partial charge in [0.1, 0.15) is 6.61 Å². The minimum absolute atomic E-state index is 0.225. The van der Waals surface area contributed by atoms with E-state index in [1.165, 1.54) is 0 Å². The van der Waals surface area contributed by atoms with Gasteiger partial charge in [-0.2, -0.15) is 0 Å². The summed E-state index contributed by atoms with van der Waals surface area (Å²) in [5.41, 5.74) is -0.435. The van der Waals surface area contributed by atoms with Gasteiger partial charge in [0.25, 0.3) is 0 Å². The first kappa shape index (κ1) is 7.86. The van der Waals surface area contributed by atoms with Crippen molar-refractivity contribution >= 4 is 6.09 Å². The molecule has 2 aliphatic rings. The normalized spacial score (nSPS) is 34.8. The number of ether oxygens (including phenoxy) is 2. The Labute approximate surface area is 71.4 Å². The number of rotatable bonds is 1. The van der Waals surface area contributed by atoms with Gasteiger partial charge in [-0.15, -0.1) is 0 Å². The van der Waals surface area contributed by atoms with E-state index in [4.69, 9.17) is 9.47 Å². The second-order valence-electron chi connectivity index (χ2n) is 3.31. The van der Waals surface area contributed by atoms with Gasteiger partial charge in [-0.05, 0) is 19.3 Å². The van der Waals surface area contributed by atoms with E-state index in [1.807, 2.05) is 0 Å². The topological polar surface area (TPSA) is 38.8 Å². The van der Waals surface area contributed by atoms with Crippen LogP contribution in [0, 0.1) is 0 Å². The van der Waals surface area contributed by atoms with Crippen LogP contribution in [0.3, 0.4) is 0 Å². The van der Waals surface area contributed by atoms with Crippen LogP contribution in [0.25, 0.3) is 0 Å². The highest BCUT2D eigenvalue weighted by Crippen LogP contribution is 2.34. The Kier molecular flexibility index (Phi) is 1.72. The number of methoxy groups -OCH3 is 1. The Balaban J connectivity index is 2.22. The van der Waals surface area contributed by atoms with Crippen molar-refractivity contribution in [2.75, 3.05) is 20.3 Å². The van der Waals surface area contributed by atoms with Gasteiger partial charge in [0.15, 0.2) is 5.72 Å². The third-order valence-electron chi connectivity index (χ3n) is 2.71. The number of amides is 1. The van der Waals surface area contributed by atoms with Crippen LogP contribution in [0.5, 0.6) is 0 Å². The number of carbonyl (C=O) groups is 1. The molecule has 2 fully saturated rings. The van der Waals surface area contributed by atoms with Crippen LogP contribution >= 0.6 is 0 Å². The van der Waals surface area contributed by atoms with E-state index in [2.05, 4.69) is 0 Å². The minimum Gasteiger partial charge on any atom is -0.444 e. The molecular formula is C8H13NO3. The van der Waals surface area contributed by atoms with Crippen molar-refractivity contribution in [3.8, 4) is 0 Å². The number of hydrogen-bond donors (Lipinski definition) is 0. The maximum atomic E-state index is 11.2. The monoisotopic (exact) mass is 171 g/mol. The minimum atomic E-state index is -0.435. The second kappa shape index (κ2) is 2.62. The van der Waals surface area contributed by atoms with Crippen LogP contribution in [0.4, 0.5) is 4.79 Å². The van der Waals surface area contributed by atoms with Crippen LogP contribution in [0.15, 0.2) is 0 Å². The van der Waals surface area contributed by atoms with E-state index in [0.29, 0.717) is 6.61 Å². The fourth-order valence-electron chi connectivity index (χ4n) is 1.94. The van der Waals surface area contributed by atoms with Crippen LogP contribution in [0.1, 0.15) is 19.3 Å². The third kappa shape index (κ3) is 0.909. The zero-order valence-electron chi connectivity index (χ0n) is 7.21. The molecule has 1 unspecified atom stereocenters.